The molecule has 3 heterocycles. The highest BCUT2D eigenvalue weighted by Crippen LogP contribution is 2.27. The maximum Gasteiger partial charge on any atom is 0.319 e. The number of morpholine rings is 1. The smallest absolute Gasteiger partial charge is 0.319 e. The van der Waals surface area contributed by atoms with E-state index < -0.39 is 0 Å². The molecular weight excluding hydrogens is 426 g/mol. The summed E-state index contributed by atoms with van der Waals surface area (Å²) in [6.07, 6.45) is 3.94. The Balaban J connectivity index is 1.38. The second-order valence-electron chi connectivity index (χ2n) is 8.44. The van der Waals surface area contributed by atoms with E-state index in [9.17, 15) is 4.79 Å². The molecule has 0 bridgehead atoms. The minimum absolute atomic E-state index is 0.210. The third kappa shape index (κ3) is 4.95. The molecule has 0 radical (unpaired) electrons. The molecule has 2 N–H and O–H groups in total. The lowest BCUT2D eigenvalue weighted by Crippen LogP contribution is -2.35. The standard InChI is InChI=1S/C27H29N5O2/c1-2-28-27(33)30-24-8-4-7-23(16-24)25-18-29-26-17-22(9-10-32(25)26)21-6-3-5-20(15-21)19-31-11-13-34-14-12-31/h3-10,15-18H,2,11-14,19H2,1H3,(H2,28,30,33). The summed E-state index contributed by atoms with van der Waals surface area (Å²) in [5.74, 6) is 0. The number of anilines is 1. The van der Waals surface area contributed by atoms with Crippen LogP contribution in [0.2, 0.25) is 0 Å². The molecule has 1 aliphatic rings. The normalized spacial score (nSPS) is 14.3. The van der Waals surface area contributed by atoms with Crippen LogP contribution >= 0.6 is 0 Å². The van der Waals surface area contributed by atoms with Crippen molar-refractivity contribution in [2.24, 2.45) is 0 Å². The fourth-order valence-electron chi connectivity index (χ4n) is 4.33. The van der Waals surface area contributed by atoms with E-state index in [0.29, 0.717) is 6.54 Å². The highest BCUT2D eigenvalue weighted by Gasteiger charge is 2.12. The van der Waals surface area contributed by atoms with Crippen LogP contribution in [0.25, 0.3) is 28.0 Å². The maximum absolute atomic E-state index is 11.9. The van der Waals surface area contributed by atoms with Crippen molar-refractivity contribution in [2.75, 3.05) is 38.2 Å². The minimum Gasteiger partial charge on any atom is -0.379 e. The number of carbonyl (C=O) groups excluding carboxylic acids is 1. The number of nitrogens with zero attached hydrogens (tertiary/aromatic N) is 3. The van der Waals surface area contributed by atoms with E-state index in [1.165, 1.54) is 11.1 Å². The van der Waals surface area contributed by atoms with Crippen LogP contribution in [0.4, 0.5) is 10.5 Å². The van der Waals surface area contributed by atoms with E-state index in [-0.39, 0.29) is 6.03 Å². The molecule has 2 amide bonds. The summed E-state index contributed by atoms with van der Waals surface area (Å²) in [7, 11) is 0. The van der Waals surface area contributed by atoms with Gasteiger partial charge in [0.05, 0.1) is 25.1 Å². The molecule has 0 atom stereocenters. The summed E-state index contributed by atoms with van der Waals surface area (Å²) in [4.78, 5) is 19.0. The van der Waals surface area contributed by atoms with Crippen molar-refractivity contribution in [2.45, 2.75) is 13.5 Å². The van der Waals surface area contributed by atoms with Crippen LogP contribution in [-0.4, -0.2) is 53.2 Å². The van der Waals surface area contributed by atoms with Crippen LogP contribution in [0.3, 0.4) is 0 Å². The molecule has 0 unspecified atom stereocenters. The monoisotopic (exact) mass is 455 g/mol. The SMILES string of the molecule is CCNC(=O)Nc1cccc(-c2cnc3cc(-c4cccc(CN5CCOCC5)c4)ccn23)c1. The number of benzene rings is 2. The Morgan fingerprint density at radius 2 is 1.79 bits per heavy atom. The Labute approximate surface area is 199 Å². The van der Waals surface area contributed by atoms with Crippen molar-refractivity contribution in [3.63, 3.8) is 0 Å². The summed E-state index contributed by atoms with van der Waals surface area (Å²) in [5.41, 5.74) is 7.22. The van der Waals surface area contributed by atoms with Gasteiger partial charge >= 0.3 is 6.03 Å². The number of hydrogen-bond acceptors (Lipinski definition) is 4. The largest absolute Gasteiger partial charge is 0.379 e. The van der Waals surface area contributed by atoms with Crippen molar-refractivity contribution in [3.05, 3.63) is 78.6 Å². The zero-order valence-corrected chi connectivity index (χ0v) is 19.3. The zero-order chi connectivity index (χ0) is 23.3. The molecular formula is C27H29N5O2. The van der Waals surface area contributed by atoms with E-state index in [0.717, 1.165) is 61.0 Å². The molecule has 0 saturated carbocycles. The summed E-state index contributed by atoms with van der Waals surface area (Å²) in [6, 6.07) is 20.6. The molecule has 1 aliphatic heterocycles. The van der Waals surface area contributed by atoms with Crippen LogP contribution in [0.15, 0.2) is 73.1 Å². The highest BCUT2D eigenvalue weighted by molar-refractivity contribution is 5.90. The quantitative estimate of drug-likeness (QED) is 0.444. The van der Waals surface area contributed by atoms with Gasteiger partial charge < -0.3 is 15.4 Å². The van der Waals surface area contributed by atoms with Gasteiger partial charge in [-0.25, -0.2) is 9.78 Å². The average Bonchev–Trinajstić information content (AvgIpc) is 3.29. The Morgan fingerprint density at radius 3 is 2.65 bits per heavy atom. The van der Waals surface area contributed by atoms with Gasteiger partial charge in [-0.05, 0) is 53.9 Å². The Bertz CT molecular complexity index is 1290. The molecule has 0 spiro atoms. The topological polar surface area (TPSA) is 70.9 Å². The fourth-order valence-corrected chi connectivity index (χ4v) is 4.33. The van der Waals surface area contributed by atoms with E-state index in [2.05, 4.69) is 67.5 Å². The van der Waals surface area contributed by atoms with Gasteiger partial charge in [-0.1, -0.05) is 30.3 Å². The van der Waals surface area contributed by atoms with E-state index in [4.69, 9.17) is 4.74 Å². The number of aromatic nitrogens is 2. The number of ether oxygens (including phenoxy) is 1. The number of urea groups is 1. The fraction of sp³-hybridized carbons (Fsp3) is 0.259. The lowest BCUT2D eigenvalue weighted by molar-refractivity contribution is 0.0342. The van der Waals surface area contributed by atoms with Gasteiger partial charge in [0.1, 0.15) is 5.65 Å². The Kier molecular flexibility index (Phi) is 6.56. The van der Waals surface area contributed by atoms with Gasteiger partial charge in [0.2, 0.25) is 0 Å². The second-order valence-corrected chi connectivity index (χ2v) is 8.44. The summed E-state index contributed by atoms with van der Waals surface area (Å²) < 4.78 is 7.54. The molecule has 7 heteroatoms. The van der Waals surface area contributed by atoms with E-state index in [1.54, 1.807) is 0 Å². The maximum atomic E-state index is 11.9. The van der Waals surface area contributed by atoms with Crippen molar-refractivity contribution in [3.8, 4) is 22.4 Å². The molecule has 1 saturated heterocycles. The number of hydrogen-bond donors (Lipinski definition) is 2. The first-order chi connectivity index (χ1) is 16.7. The number of fused-ring (bicyclic) bond motifs is 1. The number of carbonyl (C=O) groups is 1. The number of amides is 2. The van der Waals surface area contributed by atoms with E-state index >= 15 is 0 Å². The molecule has 1 fully saturated rings. The van der Waals surface area contributed by atoms with Crippen LogP contribution in [0.5, 0.6) is 0 Å². The number of imidazole rings is 1. The predicted octanol–water partition coefficient (Wildman–Crippen LogP) is 4.64. The molecule has 174 valence electrons. The Hall–Kier alpha value is -3.68. The minimum atomic E-state index is -0.210. The summed E-state index contributed by atoms with van der Waals surface area (Å²) >= 11 is 0. The second kappa shape index (κ2) is 10.1. The Morgan fingerprint density at radius 1 is 1.00 bits per heavy atom. The van der Waals surface area contributed by atoms with Crippen LogP contribution < -0.4 is 10.6 Å². The molecule has 5 rings (SSSR count). The molecule has 0 aliphatic carbocycles. The molecule has 34 heavy (non-hydrogen) atoms. The van der Waals surface area contributed by atoms with Gasteiger partial charge in [0, 0.05) is 43.6 Å². The lowest BCUT2D eigenvalue weighted by Gasteiger charge is -2.26. The molecule has 2 aromatic carbocycles. The van der Waals surface area contributed by atoms with Crippen molar-refractivity contribution < 1.29 is 9.53 Å². The number of nitrogens with one attached hydrogen (secondary N) is 2. The van der Waals surface area contributed by atoms with Crippen molar-refractivity contribution in [1.82, 2.24) is 19.6 Å². The highest BCUT2D eigenvalue weighted by atomic mass is 16.5. The van der Waals surface area contributed by atoms with Gasteiger partial charge in [-0.3, -0.25) is 9.30 Å². The summed E-state index contributed by atoms with van der Waals surface area (Å²) in [6.45, 7) is 6.99. The molecule has 7 nitrogen and oxygen atoms in total. The predicted molar refractivity (Wildman–Crippen MR) is 135 cm³/mol. The zero-order valence-electron chi connectivity index (χ0n) is 19.3. The van der Waals surface area contributed by atoms with Gasteiger partial charge in [0.15, 0.2) is 0 Å². The first kappa shape index (κ1) is 22.1. The van der Waals surface area contributed by atoms with Gasteiger partial charge in [-0.2, -0.15) is 0 Å². The lowest BCUT2D eigenvalue weighted by atomic mass is 10.0. The van der Waals surface area contributed by atoms with Crippen LogP contribution in [-0.2, 0) is 11.3 Å². The van der Waals surface area contributed by atoms with E-state index in [1.807, 2.05) is 37.4 Å². The van der Waals surface area contributed by atoms with Crippen LogP contribution in [0.1, 0.15) is 12.5 Å². The number of rotatable bonds is 6. The molecule has 4 aromatic rings. The van der Waals surface area contributed by atoms with Gasteiger partial charge in [-0.15, -0.1) is 0 Å². The summed E-state index contributed by atoms with van der Waals surface area (Å²) in [5, 5.41) is 5.62. The first-order valence-corrected chi connectivity index (χ1v) is 11.7. The average molecular weight is 456 g/mol. The van der Waals surface area contributed by atoms with Crippen molar-refractivity contribution >= 4 is 17.4 Å². The molecule has 2 aromatic heterocycles. The van der Waals surface area contributed by atoms with Crippen molar-refractivity contribution in [1.29, 1.82) is 0 Å². The van der Waals surface area contributed by atoms with Gasteiger partial charge in [0.25, 0.3) is 0 Å². The third-order valence-electron chi connectivity index (χ3n) is 6.04. The number of pyridine rings is 1. The van der Waals surface area contributed by atoms with Crippen LogP contribution in [0, 0.1) is 0 Å². The first-order valence-electron chi connectivity index (χ1n) is 11.7. The third-order valence-corrected chi connectivity index (χ3v) is 6.04.